The van der Waals surface area contributed by atoms with Crippen LogP contribution in [-0.2, 0) is 0 Å². The van der Waals surface area contributed by atoms with Gasteiger partial charge in [0.05, 0.1) is 4.34 Å². The van der Waals surface area contributed by atoms with Crippen molar-refractivity contribution >= 4 is 22.9 Å². The van der Waals surface area contributed by atoms with Gasteiger partial charge in [-0.25, -0.2) is 0 Å². The van der Waals surface area contributed by atoms with Crippen LogP contribution in [0.3, 0.4) is 0 Å². The Morgan fingerprint density at radius 2 is 2.22 bits per heavy atom. The molecule has 0 aromatic carbocycles. The highest BCUT2D eigenvalue weighted by Crippen LogP contribution is 2.28. The zero-order chi connectivity index (χ0) is 6.85. The summed E-state index contributed by atoms with van der Waals surface area (Å²) in [6.07, 6.45) is 0. The highest BCUT2D eigenvalue weighted by atomic mass is 35.5. The van der Waals surface area contributed by atoms with Crippen molar-refractivity contribution in [3.05, 3.63) is 21.3 Å². The minimum atomic E-state index is 0.559. The molecule has 0 saturated carbocycles. The van der Waals surface area contributed by atoms with Gasteiger partial charge in [-0.2, -0.15) is 0 Å². The van der Waals surface area contributed by atoms with E-state index in [9.17, 15) is 0 Å². The molecule has 1 aromatic rings. The number of halogens is 1. The smallest absolute Gasteiger partial charge is 0.0962 e. The molecule has 0 radical (unpaired) electrons. The molecule has 0 atom stereocenters. The summed E-state index contributed by atoms with van der Waals surface area (Å²) in [4.78, 5) is 0. The SMILES string of the molecule is CC(C)c1ccsc1Cl. The third kappa shape index (κ3) is 1.46. The second-order valence-corrected chi connectivity index (χ2v) is 3.82. The first-order valence-corrected chi connectivity index (χ1v) is 4.20. The van der Waals surface area contributed by atoms with Crippen LogP contribution in [0.15, 0.2) is 11.4 Å². The van der Waals surface area contributed by atoms with Crippen LogP contribution in [0.2, 0.25) is 4.34 Å². The highest BCUT2D eigenvalue weighted by molar-refractivity contribution is 7.14. The van der Waals surface area contributed by atoms with Crippen LogP contribution < -0.4 is 0 Å². The predicted molar refractivity (Wildman–Crippen MR) is 43.4 cm³/mol. The van der Waals surface area contributed by atoms with Gasteiger partial charge in [0, 0.05) is 0 Å². The minimum absolute atomic E-state index is 0.559. The first kappa shape index (κ1) is 7.10. The Balaban J connectivity index is 2.94. The van der Waals surface area contributed by atoms with Crippen LogP contribution in [0.1, 0.15) is 25.3 Å². The van der Waals surface area contributed by atoms with E-state index in [0.29, 0.717) is 5.92 Å². The van der Waals surface area contributed by atoms with E-state index < -0.39 is 0 Å². The van der Waals surface area contributed by atoms with Crippen molar-refractivity contribution in [2.24, 2.45) is 0 Å². The molecule has 1 rings (SSSR count). The summed E-state index contributed by atoms with van der Waals surface area (Å²) >= 11 is 7.45. The number of hydrogen-bond donors (Lipinski definition) is 0. The van der Waals surface area contributed by atoms with Crippen LogP contribution in [0.5, 0.6) is 0 Å². The molecule has 1 heterocycles. The van der Waals surface area contributed by atoms with Crippen LogP contribution in [0.25, 0.3) is 0 Å². The molecule has 0 fully saturated rings. The van der Waals surface area contributed by atoms with Gasteiger partial charge in [0.25, 0.3) is 0 Å². The average Bonchev–Trinajstić information content (AvgIpc) is 2.13. The van der Waals surface area contributed by atoms with Gasteiger partial charge in [0.2, 0.25) is 0 Å². The summed E-state index contributed by atoms with van der Waals surface area (Å²) in [5.41, 5.74) is 1.27. The fourth-order valence-electron chi connectivity index (χ4n) is 0.720. The molecular weight excluding hydrogens is 152 g/mol. The Kier molecular flexibility index (Phi) is 2.14. The summed E-state index contributed by atoms with van der Waals surface area (Å²) in [5, 5.41) is 2.03. The second-order valence-electron chi connectivity index (χ2n) is 2.30. The Hall–Kier alpha value is -0.0100. The van der Waals surface area contributed by atoms with E-state index in [0.717, 1.165) is 4.34 Å². The summed E-state index contributed by atoms with van der Waals surface area (Å²) in [5.74, 6) is 0.559. The maximum absolute atomic E-state index is 5.85. The molecule has 0 nitrogen and oxygen atoms in total. The van der Waals surface area contributed by atoms with Gasteiger partial charge < -0.3 is 0 Å². The minimum Gasteiger partial charge on any atom is -0.132 e. The fraction of sp³-hybridized carbons (Fsp3) is 0.429. The lowest BCUT2D eigenvalue weighted by atomic mass is 10.1. The standard InChI is InChI=1S/C7H9ClS/c1-5(2)6-3-4-9-7(6)8/h3-5H,1-2H3. The molecule has 1 aromatic heterocycles. The fourth-order valence-corrected chi connectivity index (χ4v) is 1.93. The molecule has 0 unspecified atom stereocenters. The van der Waals surface area contributed by atoms with E-state index in [1.54, 1.807) is 11.3 Å². The lowest BCUT2D eigenvalue weighted by molar-refractivity contribution is 0.872. The van der Waals surface area contributed by atoms with E-state index in [1.807, 2.05) is 5.38 Å². The summed E-state index contributed by atoms with van der Waals surface area (Å²) < 4.78 is 0.935. The van der Waals surface area contributed by atoms with Crippen LogP contribution in [-0.4, -0.2) is 0 Å². The summed E-state index contributed by atoms with van der Waals surface area (Å²) in [6.45, 7) is 4.29. The van der Waals surface area contributed by atoms with Gasteiger partial charge in [-0.1, -0.05) is 25.4 Å². The van der Waals surface area contributed by atoms with E-state index in [4.69, 9.17) is 11.6 Å². The lowest BCUT2D eigenvalue weighted by Gasteiger charge is -1.99. The van der Waals surface area contributed by atoms with Gasteiger partial charge in [0.15, 0.2) is 0 Å². The van der Waals surface area contributed by atoms with Crippen molar-refractivity contribution in [1.29, 1.82) is 0 Å². The molecule has 0 N–H and O–H groups in total. The van der Waals surface area contributed by atoms with E-state index >= 15 is 0 Å². The van der Waals surface area contributed by atoms with Crippen molar-refractivity contribution in [1.82, 2.24) is 0 Å². The first-order valence-electron chi connectivity index (χ1n) is 2.94. The Labute approximate surface area is 64.5 Å². The largest absolute Gasteiger partial charge is 0.132 e. The lowest BCUT2D eigenvalue weighted by Crippen LogP contribution is -1.81. The van der Waals surface area contributed by atoms with E-state index in [2.05, 4.69) is 19.9 Å². The Morgan fingerprint density at radius 1 is 1.56 bits per heavy atom. The second kappa shape index (κ2) is 2.72. The van der Waals surface area contributed by atoms with Gasteiger partial charge in [0.1, 0.15) is 0 Å². The highest BCUT2D eigenvalue weighted by Gasteiger charge is 2.03. The third-order valence-corrected chi connectivity index (χ3v) is 2.47. The third-order valence-electron chi connectivity index (χ3n) is 1.27. The number of hydrogen-bond acceptors (Lipinski definition) is 1. The summed E-state index contributed by atoms with van der Waals surface area (Å²) in [7, 11) is 0. The monoisotopic (exact) mass is 160 g/mol. The molecular formula is C7H9ClS. The van der Waals surface area contributed by atoms with E-state index in [-0.39, 0.29) is 0 Å². The molecule has 0 aliphatic rings. The quantitative estimate of drug-likeness (QED) is 0.590. The molecule has 0 aliphatic carbocycles. The summed E-state index contributed by atoms with van der Waals surface area (Å²) in [6, 6.07) is 2.08. The molecule has 9 heavy (non-hydrogen) atoms. The van der Waals surface area contributed by atoms with Crippen molar-refractivity contribution in [2.75, 3.05) is 0 Å². The molecule has 0 amide bonds. The van der Waals surface area contributed by atoms with Crippen molar-refractivity contribution in [3.8, 4) is 0 Å². The molecule has 0 spiro atoms. The zero-order valence-electron chi connectivity index (χ0n) is 5.52. The van der Waals surface area contributed by atoms with Gasteiger partial charge in [-0.3, -0.25) is 0 Å². The van der Waals surface area contributed by atoms with Crippen molar-refractivity contribution in [3.63, 3.8) is 0 Å². The first-order chi connectivity index (χ1) is 4.22. The number of thiophene rings is 1. The average molecular weight is 161 g/mol. The zero-order valence-corrected chi connectivity index (χ0v) is 7.09. The van der Waals surface area contributed by atoms with Gasteiger partial charge in [-0.05, 0) is 22.9 Å². The van der Waals surface area contributed by atoms with Crippen molar-refractivity contribution < 1.29 is 0 Å². The molecule has 0 saturated heterocycles. The number of rotatable bonds is 1. The van der Waals surface area contributed by atoms with Crippen LogP contribution in [0, 0.1) is 0 Å². The Morgan fingerprint density at radius 3 is 2.44 bits per heavy atom. The van der Waals surface area contributed by atoms with Gasteiger partial charge in [-0.15, -0.1) is 11.3 Å². The van der Waals surface area contributed by atoms with Gasteiger partial charge >= 0.3 is 0 Å². The Bertz CT molecular complexity index is 191. The molecule has 50 valence electrons. The van der Waals surface area contributed by atoms with E-state index in [1.165, 1.54) is 5.56 Å². The van der Waals surface area contributed by atoms with Crippen LogP contribution >= 0.6 is 22.9 Å². The maximum Gasteiger partial charge on any atom is 0.0962 e. The van der Waals surface area contributed by atoms with Crippen molar-refractivity contribution in [2.45, 2.75) is 19.8 Å². The normalized spacial score (nSPS) is 10.7. The molecule has 0 aliphatic heterocycles. The maximum atomic E-state index is 5.85. The predicted octanol–water partition coefficient (Wildman–Crippen LogP) is 3.52. The topological polar surface area (TPSA) is 0 Å². The molecule has 0 bridgehead atoms. The van der Waals surface area contributed by atoms with Crippen LogP contribution in [0.4, 0.5) is 0 Å². The molecule has 2 heteroatoms.